The van der Waals surface area contributed by atoms with Crippen LogP contribution in [0.25, 0.3) is 0 Å². The van der Waals surface area contributed by atoms with Crippen molar-refractivity contribution < 1.29 is 9.53 Å². The lowest BCUT2D eigenvalue weighted by Crippen LogP contribution is -2.39. The number of methoxy groups -OCH3 is 1. The maximum Gasteiger partial charge on any atom is 0.309 e. The van der Waals surface area contributed by atoms with Gasteiger partial charge in [-0.15, -0.1) is 0 Å². The number of esters is 1. The number of rotatable bonds is 4. The fourth-order valence-electron chi connectivity index (χ4n) is 2.57. The number of hydrogen-bond acceptors (Lipinski definition) is 3. The molecule has 94 valence electrons. The third-order valence-corrected chi connectivity index (χ3v) is 3.58. The Morgan fingerprint density at radius 1 is 1.44 bits per heavy atom. The maximum atomic E-state index is 11.4. The summed E-state index contributed by atoms with van der Waals surface area (Å²) in [6.45, 7) is 6.19. The summed E-state index contributed by atoms with van der Waals surface area (Å²) in [7, 11) is 1.47. The van der Waals surface area contributed by atoms with Crippen LogP contribution in [0, 0.1) is 5.92 Å². The van der Waals surface area contributed by atoms with Gasteiger partial charge in [0.1, 0.15) is 0 Å². The topological polar surface area (TPSA) is 29.5 Å². The zero-order chi connectivity index (χ0) is 12.0. The van der Waals surface area contributed by atoms with Gasteiger partial charge in [-0.3, -0.25) is 9.69 Å². The molecule has 0 radical (unpaired) electrons. The Morgan fingerprint density at radius 2 is 2.19 bits per heavy atom. The quantitative estimate of drug-likeness (QED) is 0.691. The minimum atomic E-state index is -0.0842. The molecule has 3 nitrogen and oxygen atoms in total. The Hall–Kier alpha value is -0.570. The molecule has 2 atom stereocenters. The summed E-state index contributed by atoms with van der Waals surface area (Å²) in [5.74, 6) is -0.0868. The summed E-state index contributed by atoms with van der Waals surface area (Å²) in [5.41, 5.74) is 0. The van der Waals surface area contributed by atoms with E-state index in [1.807, 2.05) is 6.92 Å². The van der Waals surface area contributed by atoms with Gasteiger partial charge >= 0.3 is 5.97 Å². The van der Waals surface area contributed by atoms with Crippen molar-refractivity contribution in [3.63, 3.8) is 0 Å². The summed E-state index contributed by atoms with van der Waals surface area (Å²) in [4.78, 5) is 13.9. The normalized spacial score (nSPS) is 24.8. The Bertz CT molecular complexity index is 218. The van der Waals surface area contributed by atoms with Crippen molar-refractivity contribution in [1.82, 2.24) is 4.90 Å². The minimum absolute atomic E-state index is 0.00264. The third-order valence-electron chi connectivity index (χ3n) is 3.58. The van der Waals surface area contributed by atoms with Crippen molar-refractivity contribution in [2.45, 2.75) is 52.0 Å². The van der Waals surface area contributed by atoms with Crippen LogP contribution in [0.3, 0.4) is 0 Å². The smallest absolute Gasteiger partial charge is 0.309 e. The molecular weight excluding hydrogens is 202 g/mol. The SMILES string of the molecule is CCC1CCCCCN1CC(C)C(=O)OC. The molecule has 0 amide bonds. The first kappa shape index (κ1) is 13.5. The number of hydrogen-bond donors (Lipinski definition) is 0. The lowest BCUT2D eigenvalue weighted by molar-refractivity contribution is -0.145. The molecule has 0 aromatic heterocycles. The average molecular weight is 227 g/mol. The number of carbonyl (C=O) groups is 1. The first-order valence-corrected chi connectivity index (χ1v) is 6.51. The Morgan fingerprint density at radius 3 is 2.81 bits per heavy atom. The van der Waals surface area contributed by atoms with Gasteiger partial charge < -0.3 is 4.74 Å². The molecule has 0 aromatic carbocycles. The van der Waals surface area contributed by atoms with Gasteiger partial charge in [0.2, 0.25) is 0 Å². The van der Waals surface area contributed by atoms with Crippen molar-refractivity contribution in [1.29, 1.82) is 0 Å². The second kappa shape index (κ2) is 6.89. The fourth-order valence-corrected chi connectivity index (χ4v) is 2.57. The molecule has 0 saturated carbocycles. The largest absolute Gasteiger partial charge is 0.469 e. The molecule has 0 aromatic rings. The number of nitrogens with zero attached hydrogens (tertiary/aromatic N) is 1. The molecule has 0 aliphatic carbocycles. The van der Waals surface area contributed by atoms with E-state index in [9.17, 15) is 4.79 Å². The number of likely N-dealkylation sites (tertiary alicyclic amines) is 1. The summed E-state index contributed by atoms with van der Waals surface area (Å²) in [6, 6.07) is 0.662. The molecule has 0 bridgehead atoms. The van der Waals surface area contributed by atoms with Crippen LogP contribution in [0.2, 0.25) is 0 Å². The summed E-state index contributed by atoms with van der Waals surface area (Å²) < 4.78 is 4.79. The predicted octanol–water partition coefficient (Wildman–Crippen LogP) is 2.45. The van der Waals surface area contributed by atoms with Crippen molar-refractivity contribution >= 4 is 5.97 Å². The van der Waals surface area contributed by atoms with Crippen molar-refractivity contribution in [3.8, 4) is 0 Å². The van der Waals surface area contributed by atoms with Gasteiger partial charge in [0, 0.05) is 12.6 Å². The standard InChI is InChI=1S/C13H25NO2/c1-4-12-8-6-5-7-9-14(12)10-11(2)13(15)16-3/h11-12H,4-10H2,1-3H3. The van der Waals surface area contributed by atoms with Crippen LogP contribution in [0.5, 0.6) is 0 Å². The van der Waals surface area contributed by atoms with E-state index in [0.717, 1.165) is 13.1 Å². The maximum absolute atomic E-state index is 11.4. The second-order valence-electron chi connectivity index (χ2n) is 4.83. The van der Waals surface area contributed by atoms with Crippen LogP contribution in [-0.2, 0) is 9.53 Å². The third kappa shape index (κ3) is 3.78. The molecular formula is C13H25NO2. The predicted molar refractivity (Wildman–Crippen MR) is 65.3 cm³/mol. The molecule has 1 saturated heterocycles. The monoisotopic (exact) mass is 227 g/mol. The van der Waals surface area contributed by atoms with Crippen molar-refractivity contribution in [2.24, 2.45) is 5.92 Å². The highest BCUT2D eigenvalue weighted by molar-refractivity contribution is 5.72. The van der Waals surface area contributed by atoms with Crippen LogP contribution in [0.15, 0.2) is 0 Å². The number of ether oxygens (including phenoxy) is 1. The molecule has 3 heteroatoms. The molecule has 1 aliphatic rings. The van der Waals surface area contributed by atoms with Crippen molar-refractivity contribution in [2.75, 3.05) is 20.2 Å². The first-order valence-electron chi connectivity index (χ1n) is 6.51. The average Bonchev–Trinajstić information content (AvgIpc) is 2.52. The van der Waals surface area contributed by atoms with E-state index in [0.29, 0.717) is 6.04 Å². The van der Waals surface area contributed by atoms with Gasteiger partial charge in [0.25, 0.3) is 0 Å². The lowest BCUT2D eigenvalue weighted by atomic mass is 10.1. The summed E-state index contributed by atoms with van der Waals surface area (Å²) >= 11 is 0. The number of carbonyl (C=O) groups excluding carboxylic acids is 1. The Labute approximate surface area is 99.1 Å². The van der Waals surface area contributed by atoms with Gasteiger partial charge in [0.15, 0.2) is 0 Å². The first-order chi connectivity index (χ1) is 7.69. The zero-order valence-electron chi connectivity index (χ0n) is 10.9. The van der Waals surface area contributed by atoms with E-state index in [4.69, 9.17) is 4.74 Å². The molecule has 16 heavy (non-hydrogen) atoms. The van der Waals surface area contributed by atoms with E-state index in [-0.39, 0.29) is 11.9 Å². The highest BCUT2D eigenvalue weighted by atomic mass is 16.5. The fraction of sp³-hybridized carbons (Fsp3) is 0.923. The minimum Gasteiger partial charge on any atom is -0.469 e. The lowest BCUT2D eigenvalue weighted by Gasteiger charge is -2.30. The van der Waals surface area contributed by atoms with Gasteiger partial charge in [-0.1, -0.05) is 26.7 Å². The molecule has 1 fully saturated rings. The van der Waals surface area contributed by atoms with E-state index in [1.54, 1.807) is 0 Å². The molecule has 2 unspecified atom stereocenters. The molecule has 1 heterocycles. The summed E-state index contributed by atoms with van der Waals surface area (Å²) in [6.07, 6.45) is 6.41. The van der Waals surface area contributed by atoms with Crippen LogP contribution < -0.4 is 0 Å². The Balaban J connectivity index is 2.50. The van der Waals surface area contributed by atoms with Gasteiger partial charge in [-0.2, -0.15) is 0 Å². The summed E-state index contributed by atoms with van der Waals surface area (Å²) in [5, 5.41) is 0. The van der Waals surface area contributed by atoms with Crippen molar-refractivity contribution in [3.05, 3.63) is 0 Å². The van der Waals surface area contributed by atoms with Gasteiger partial charge in [0.05, 0.1) is 13.0 Å². The van der Waals surface area contributed by atoms with Crippen LogP contribution in [0.4, 0.5) is 0 Å². The highest BCUT2D eigenvalue weighted by Crippen LogP contribution is 2.20. The molecule has 1 aliphatic heterocycles. The van der Waals surface area contributed by atoms with Crippen LogP contribution in [-0.4, -0.2) is 37.1 Å². The van der Waals surface area contributed by atoms with Crippen LogP contribution in [0.1, 0.15) is 46.0 Å². The van der Waals surface area contributed by atoms with E-state index in [1.165, 1.54) is 39.2 Å². The van der Waals surface area contributed by atoms with Gasteiger partial charge in [-0.25, -0.2) is 0 Å². The van der Waals surface area contributed by atoms with E-state index >= 15 is 0 Å². The van der Waals surface area contributed by atoms with E-state index in [2.05, 4.69) is 11.8 Å². The zero-order valence-corrected chi connectivity index (χ0v) is 10.9. The highest BCUT2D eigenvalue weighted by Gasteiger charge is 2.23. The molecule has 0 spiro atoms. The molecule has 1 rings (SSSR count). The van der Waals surface area contributed by atoms with Crippen LogP contribution >= 0.6 is 0 Å². The molecule has 0 N–H and O–H groups in total. The van der Waals surface area contributed by atoms with Gasteiger partial charge in [-0.05, 0) is 25.8 Å². The second-order valence-corrected chi connectivity index (χ2v) is 4.83. The Kier molecular flexibility index (Phi) is 5.81. The van der Waals surface area contributed by atoms with E-state index < -0.39 is 0 Å².